The van der Waals surface area contributed by atoms with Crippen LogP contribution in [0.15, 0.2) is 54.9 Å². The number of hydrogen-bond donors (Lipinski definition) is 0. The molecule has 1 unspecified atom stereocenters. The van der Waals surface area contributed by atoms with E-state index in [1.807, 2.05) is 42.5 Å². The predicted molar refractivity (Wildman–Crippen MR) is 106 cm³/mol. The molecular weight excluding hydrogens is 368 g/mol. The molecule has 2 aliphatic heterocycles. The average molecular weight is 392 g/mol. The highest BCUT2D eigenvalue weighted by Gasteiger charge is 2.41. The molecule has 2 aromatic rings. The van der Waals surface area contributed by atoms with E-state index < -0.39 is 6.04 Å². The summed E-state index contributed by atoms with van der Waals surface area (Å²) in [6, 6.07) is 12.9. The molecule has 0 saturated carbocycles. The van der Waals surface area contributed by atoms with Crippen LogP contribution in [0.3, 0.4) is 0 Å². The molecule has 2 saturated heterocycles. The first-order valence-corrected chi connectivity index (χ1v) is 9.90. The standard InChI is InChI=1S/C22H24N4O3/c27-20(14-17-6-9-23-10-7-17)24-11-8-19-22(29)25(15-18-4-2-1-3-5-18)16-21(28)26(19)13-12-24/h1-7,9-10,19H,8,11-16H2. The molecule has 1 aromatic carbocycles. The largest absolute Gasteiger partial charge is 0.341 e. The summed E-state index contributed by atoms with van der Waals surface area (Å²) >= 11 is 0. The van der Waals surface area contributed by atoms with Crippen molar-refractivity contribution in [2.75, 3.05) is 26.2 Å². The molecule has 0 spiro atoms. The first-order chi connectivity index (χ1) is 14.1. The van der Waals surface area contributed by atoms with E-state index in [0.29, 0.717) is 39.0 Å². The third kappa shape index (κ3) is 4.29. The van der Waals surface area contributed by atoms with Crippen molar-refractivity contribution in [3.63, 3.8) is 0 Å². The number of carbonyl (C=O) groups is 3. The van der Waals surface area contributed by atoms with Gasteiger partial charge in [0.15, 0.2) is 0 Å². The van der Waals surface area contributed by atoms with Gasteiger partial charge >= 0.3 is 0 Å². The average Bonchev–Trinajstić information content (AvgIpc) is 2.97. The van der Waals surface area contributed by atoms with E-state index in [2.05, 4.69) is 4.98 Å². The van der Waals surface area contributed by atoms with Gasteiger partial charge in [0, 0.05) is 38.6 Å². The number of amides is 3. The first-order valence-electron chi connectivity index (χ1n) is 9.90. The molecular formula is C22H24N4O3. The highest BCUT2D eigenvalue weighted by atomic mass is 16.2. The van der Waals surface area contributed by atoms with Crippen LogP contribution >= 0.6 is 0 Å². The van der Waals surface area contributed by atoms with E-state index in [9.17, 15) is 14.4 Å². The minimum absolute atomic E-state index is 0.0112. The summed E-state index contributed by atoms with van der Waals surface area (Å²) in [6.07, 6.45) is 4.11. The van der Waals surface area contributed by atoms with Crippen molar-refractivity contribution >= 4 is 17.7 Å². The number of carbonyl (C=O) groups excluding carboxylic acids is 3. The Labute approximate surface area is 169 Å². The summed E-state index contributed by atoms with van der Waals surface area (Å²) < 4.78 is 0. The van der Waals surface area contributed by atoms with Gasteiger partial charge in [-0.1, -0.05) is 30.3 Å². The highest BCUT2D eigenvalue weighted by molar-refractivity contribution is 5.95. The number of hydrogen-bond acceptors (Lipinski definition) is 4. The van der Waals surface area contributed by atoms with Crippen LogP contribution in [0.4, 0.5) is 0 Å². The molecule has 29 heavy (non-hydrogen) atoms. The van der Waals surface area contributed by atoms with Gasteiger partial charge in [0.25, 0.3) is 0 Å². The SMILES string of the molecule is O=C(Cc1ccncc1)N1CCC2C(=O)N(Cc3ccccc3)CC(=O)N2CC1. The van der Waals surface area contributed by atoms with Gasteiger partial charge in [0.1, 0.15) is 12.6 Å². The Morgan fingerprint density at radius 2 is 1.72 bits per heavy atom. The monoisotopic (exact) mass is 392 g/mol. The number of rotatable bonds is 4. The lowest BCUT2D eigenvalue weighted by Gasteiger charge is -2.39. The highest BCUT2D eigenvalue weighted by Crippen LogP contribution is 2.21. The maximum Gasteiger partial charge on any atom is 0.246 e. The van der Waals surface area contributed by atoms with Crippen molar-refractivity contribution < 1.29 is 14.4 Å². The number of nitrogens with zero attached hydrogens (tertiary/aromatic N) is 4. The Balaban J connectivity index is 1.42. The van der Waals surface area contributed by atoms with Crippen molar-refractivity contribution in [3.8, 4) is 0 Å². The Morgan fingerprint density at radius 3 is 2.48 bits per heavy atom. The second-order valence-electron chi connectivity index (χ2n) is 7.48. The lowest BCUT2D eigenvalue weighted by molar-refractivity contribution is -0.156. The molecule has 0 radical (unpaired) electrons. The van der Waals surface area contributed by atoms with Crippen LogP contribution in [0, 0.1) is 0 Å². The van der Waals surface area contributed by atoms with Crippen molar-refractivity contribution in [2.24, 2.45) is 0 Å². The summed E-state index contributed by atoms with van der Waals surface area (Å²) in [5, 5.41) is 0. The second-order valence-corrected chi connectivity index (χ2v) is 7.48. The molecule has 0 N–H and O–H groups in total. The van der Waals surface area contributed by atoms with Gasteiger partial charge in [-0.25, -0.2) is 0 Å². The van der Waals surface area contributed by atoms with Crippen LogP contribution in [0.2, 0.25) is 0 Å². The van der Waals surface area contributed by atoms with Gasteiger partial charge in [0.2, 0.25) is 17.7 Å². The fraction of sp³-hybridized carbons (Fsp3) is 0.364. The van der Waals surface area contributed by atoms with Crippen molar-refractivity contribution in [1.82, 2.24) is 19.7 Å². The molecule has 2 fully saturated rings. The van der Waals surface area contributed by atoms with Gasteiger partial charge in [-0.2, -0.15) is 0 Å². The topological polar surface area (TPSA) is 73.8 Å². The van der Waals surface area contributed by atoms with Crippen LogP contribution < -0.4 is 0 Å². The zero-order chi connectivity index (χ0) is 20.2. The van der Waals surface area contributed by atoms with Crippen LogP contribution in [-0.2, 0) is 27.3 Å². The van der Waals surface area contributed by atoms with E-state index in [1.54, 1.807) is 27.1 Å². The molecule has 7 nitrogen and oxygen atoms in total. The normalized spacial score (nSPS) is 19.7. The van der Waals surface area contributed by atoms with E-state index in [4.69, 9.17) is 0 Å². The third-order valence-corrected chi connectivity index (χ3v) is 5.58. The fourth-order valence-electron chi connectivity index (χ4n) is 4.00. The molecule has 7 heteroatoms. The molecule has 3 amide bonds. The van der Waals surface area contributed by atoms with E-state index in [-0.39, 0.29) is 24.3 Å². The van der Waals surface area contributed by atoms with E-state index in [1.165, 1.54) is 0 Å². The van der Waals surface area contributed by atoms with Crippen LogP contribution in [0.25, 0.3) is 0 Å². The van der Waals surface area contributed by atoms with Gasteiger partial charge in [-0.3, -0.25) is 19.4 Å². The van der Waals surface area contributed by atoms with Gasteiger partial charge in [-0.05, 0) is 29.7 Å². The third-order valence-electron chi connectivity index (χ3n) is 5.58. The Kier molecular flexibility index (Phi) is 5.55. The summed E-state index contributed by atoms with van der Waals surface area (Å²) in [6.45, 7) is 1.85. The minimum atomic E-state index is -0.487. The lowest BCUT2D eigenvalue weighted by Crippen LogP contribution is -2.59. The number of fused-ring (bicyclic) bond motifs is 1. The van der Waals surface area contributed by atoms with Crippen molar-refractivity contribution in [1.29, 1.82) is 0 Å². The maximum absolute atomic E-state index is 13.1. The summed E-state index contributed by atoms with van der Waals surface area (Å²) in [7, 11) is 0. The molecule has 1 aromatic heterocycles. The summed E-state index contributed by atoms with van der Waals surface area (Å²) in [5.41, 5.74) is 1.91. The lowest BCUT2D eigenvalue weighted by atomic mass is 10.1. The van der Waals surface area contributed by atoms with Gasteiger partial charge < -0.3 is 14.7 Å². The molecule has 1 atom stereocenters. The fourth-order valence-corrected chi connectivity index (χ4v) is 4.00. The van der Waals surface area contributed by atoms with Crippen LogP contribution in [0.1, 0.15) is 17.5 Å². The Bertz CT molecular complexity index is 887. The van der Waals surface area contributed by atoms with Crippen LogP contribution in [0.5, 0.6) is 0 Å². The molecule has 4 rings (SSSR count). The van der Waals surface area contributed by atoms with E-state index >= 15 is 0 Å². The molecule has 150 valence electrons. The smallest absolute Gasteiger partial charge is 0.246 e. The quantitative estimate of drug-likeness (QED) is 0.781. The van der Waals surface area contributed by atoms with Crippen molar-refractivity contribution in [3.05, 3.63) is 66.0 Å². The van der Waals surface area contributed by atoms with Gasteiger partial charge in [0.05, 0.1) is 6.42 Å². The van der Waals surface area contributed by atoms with E-state index in [0.717, 1.165) is 11.1 Å². The molecule has 0 bridgehead atoms. The molecule has 3 heterocycles. The minimum Gasteiger partial charge on any atom is -0.341 e. The van der Waals surface area contributed by atoms with Crippen LogP contribution in [-0.4, -0.2) is 69.6 Å². The van der Waals surface area contributed by atoms with Crippen molar-refractivity contribution in [2.45, 2.75) is 25.4 Å². The second kappa shape index (κ2) is 8.43. The first kappa shape index (κ1) is 19.1. The number of aromatic nitrogens is 1. The number of benzene rings is 1. The van der Waals surface area contributed by atoms with Gasteiger partial charge in [-0.15, -0.1) is 0 Å². The summed E-state index contributed by atoms with van der Waals surface area (Å²) in [4.78, 5) is 47.5. The zero-order valence-corrected chi connectivity index (χ0v) is 16.2. The predicted octanol–water partition coefficient (Wildman–Crippen LogP) is 1.10. The Hall–Kier alpha value is -3.22. The summed E-state index contributed by atoms with van der Waals surface area (Å²) in [5.74, 6) is -0.0667. The zero-order valence-electron chi connectivity index (χ0n) is 16.2. The number of pyridine rings is 1. The maximum atomic E-state index is 13.1. The molecule has 0 aliphatic carbocycles. The Morgan fingerprint density at radius 1 is 0.966 bits per heavy atom. The number of piperazine rings is 1. The molecule has 2 aliphatic rings.